The Bertz CT molecular complexity index is 420. The van der Waals surface area contributed by atoms with E-state index >= 15 is 0 Å². The molecule has 16 heavy (non-hydrogen) atoms. The van der Waals surface area contributed by atoms with Crippen molar-refractivity contribution in [3.05, 3.63) is 35.6 Å². The van der Waals surface area contributed by atoms with E-state index in [2.05, 4.69) is 0 Å². The van der Waals surface area contributed by atoms with Crippen molar-refractivity contribution in [1.82, 2.24) is 0 Å². The van der Waals surface area contributed by atoms with Crippen molar-refractivity contribution in [3.8, 4) is 0 Å². The molecule has 0 radical (unpaired) electrons. The van der Waals surface area contributed by atoms with E-state index in [1.807, 2.05) is 20.8 Å². The van der Waals surface area contributed by atoms with Gasteiger partial charge in [0, 0.05) is 11.0 Å². The van der Waals surface area contributed by atoms with Gasteiger partial charge in [-0.3, -0.25) is 4.79 Å². The maximum atomic E-state index is 13.4. The van der Waals surface area contributed by atoms with Crippen LogP contribution in [-0.4, -0.2) is 11.9 Å². The molecule has 0 saturated carbocycles. The molecule has 1 fully saturated rings. The highest BCUT2D eigenvalue weighted by Crippen LogP contribution is 2.43. The molecule has 1 aromatic carbocycles. The first-order valence-electron chi connectivity index (χ1n) is 5.35. The Kier molecular flexibility index (Phi) is 2.58. The third kappa shape index (κ3) is 2.00. The summed E-state index contributed by atoms with van der Waals surface area (Å²) in [6.45, 7) is 5.53. The van der Waals surface area contributed by atoms with Gasteiger partial charge in [0.15, 0.2) is 5.78 Å². The van der Waals surface area contributed by atoms with Crippen LogP contribution in [0.4, 0.5) is 4.39 Å². The number of carbonyl (C=O) groups is 1. The van der Waals surface area contributed by atoms with Crippen molar-refractivity contribution in [2.75, 3.05) is 0 Å². The van der Waals surface area contributed by atoms with Gasteiger partial charge in [-0.2, -0.15) is 0 Å². The van der Waals surface area contributed by atoms with Gasteiger partial charge in [0.1, 0.15) is 18.0 Å². The average molecular weight is 222 g/mol. The lowest BCUT2D eigenvalue weighted by molar-refractivity contribution is -0.127. The van der Waals surface area contributed by atoms with Crippen LogP contribution in [0.25, 0.3) is 0 Å². The summed E-state index contributed by atoms with van der Waals surface area (Å²) in [4.78, 5) is 11.9. The minimum atomic E-state index is -0.475. The predicted octanol–water partition coefficient (Wildman–Crippen LogP) is 2.88. The summed E-state index contributed by atoms with van der Waals surface area (Å²) in [5, 5.41) is 0. The van der Waals surface area contributed by atoms with Gasteiger partial charge in [0.25, 0.3) is 0 Å². The van der Waals surface area contributed by atoms with Gasteiger partial charge in [-0.25, -0.2) is 4.39 Å². The number of benzene rings is 1. The van der Waals surface area contributed by atoms with E-state index in [1.54, 1.807) is 18.2 Å². The van der Waals surface area contributed by atoms with Crippen LogP contribution < -0.4 is 0 Å². The fourth-order valence-electron chi connectivity index (χ4n) is 1.68. The Balaban J connectivity index is 2.13. The zero-order valence-corrected chi connectivity index (χ0v) is 9.66. The van der Waals surface area contributed by atoms with Crippen molar-refractivity contribution in [2.45, 2.75) is 33.0 Å². The monoisotopic (exact) mass is 222 g/mol. The molecule has 0 unspecified atom stereocenters. The van der Waals surface area contributed by atoms with E-state index in [-0.39, 0.29) is 11.6 Å². The number of halogens is 1. The second kappa shape index (κ2) is 3.67. The molecule has 3 heteroatoms. The van der Waals surface area contributed by atoms with E-state index < -0.39 is 17.6 Å². The third-order valence-corrected chi connectivity index (χ3v) is 2.70. The largest absolute Gasteiger partial charge is 0.356 e. The van der Waals surface area contributed by atoms with Crippen LogP contribution in [-0.2, 0) is 9.53 Å². The van der Waals surface area contributed by atoms with Crippen molar-refractivity contribution in [3.63, 3.8) is 0 Å². The Morgan fingerprint density at radius 1 is 1.31 bits per heavy atom. The fourth-order valence-corrected chi connectivity index (χ4v) is 1.68. The number of epoxide rings is 1. The standard InChI is InChI=1S/C13H15FO2/c1-13(2,3)12(15)11-10(16-11)8-6-4-5-7-9(8)14/h4-7,10-11H,1-3H3/t10-,11+/m0/s1. The quantitative estimate of drug-likeness (QED) is 0.720. The minimum absolute atomic E-state index is 0.0285. The first kappa shape index (κ1) is 11.3. The summed E-state index contributed by atoms with van der Waals surface area (Å²) in [5.74, 6) is -0.280. The van der Waals surface area contributed by atoms with Crippen LogP contribution in [0.3, 0.4) is 0 Å². The maximum Gasteiger partial charge on any atom is 0.169 e. The maximum absolute atomic E-state index is 13.4. The molecule has 2 atom stereocenters. The van der Waals surface area contributed by atoms with E-state index in [4.69, 9.17) is 4.74 Å². The summed E-state index contributed by atoms with van der Waals surface area (Å²) in [6, 6.07) is 6.42. The highest BCUT2D eigenvalue weighted by atomic mass is 19.1. The zero-order chi connectivity index (χ0) is 11.9. The van der Waals surface area contributed by atoms with Gasteiger partial charge in [-0.15, -0.1) is 0 Å². The van der Waals surface area contributed by atoms with Crippen LogP contribution >= 0.6 is 0 Å². The smallest absolute Gasteiger partial charge is 0.169 e. The van der Waals surface area contributed by atoms with E-state index in [0.29, 0.717) is 5.56 Å². The molecule has 1 heterocycles. The number of carbonyl (C=O) groups excluding carboxylic acids is 1. The summed E-state index contributed by atoms with van der Waals surface area (Å²) in [5.41, 5.74) is 0.0371. The van der Waals surface area contributed by atoms with Crippen LogP contribution in [0.2, 0.25) is 0 Å². The summed E-state index contributed by atoms with van der Waals surface area (Å²) < 4.78 is 18.7. The fraction of sp³-hybridized carbons (Fsp3) is 0.462. The lowest BCUT2D eigenvalue weighted by Gasteiger charge is -2.14. The average Bonchev–Trinajstić information content (AvgIpc) is 2.95. The number of ketones is 1. The van der Waals surface area contributed by atoms with Gasteiger partial charge in [-0.05, 0) is 6.07 Å². The molecule has 86 valence electrons. The molecular formula is C13H15FO2. The second-order valence-corrected chi connectivity index (χ2v) is 5.11. The molecule has 2 rings (SSSR count). The number of Topliss-reactive ketones (excluding diaryl/α,β-unsaturated/α-hetero) is 1. The first-order chi connectivity index (χ1) is 7.41. The summed E-state index contributed by atoms with van der Waals surface area (Å²) >= 11 is 0. The topological polar surface area (TPSA) is 29.6 Å². The second-order valence-electron chi connectivity index (χ2n) is 5.11. The zero-order valence-electron chi connectivity index (χ0n) is 9.66. The SMILES string of the molecule is CC(C)(C)C(=O)[C@@H]1O[C@H]1c1ccccc1F. The lowest BCUT2D eigenvalue weighted by Crippen LogP contribution is -2.25. The predicted molar refractivity (Wildman–Crippen MR) is 58.5 cm³/mol. The van der Waals surface area contributed by atoms with E-state index in [1.165, 1.54) is 6.07 Å². The number of hydrogen-bond acceptors (Lipinski definition) is 2. The summed E-state index contributed by atoms with van der Waals surface area (Å²) in [7, 11) is 0. The van der Waals surface area contributed by atoms with Crippen molar-refractivity contribution in [2.24, 2.45) is 5.41 Å². The van der Waals surface area contributed by atoms with Crippen LogP contribution in [0.1, 0.15) is 32.4 Å². The molecule has 1 saturated heterocycles. The van der Waals surface area contributed by atoms with Gasteiger partial charge in [-0.1, -0.05) is 39.0 Å². The number of rotatable bonds is 2. The van der Waals surface area contributed by atoms with Crippen molar-refractivity contribution < 1.29 is 13.9 Å². The Hall–Kier alpha value is -1.22. The van der Waals surface area contributed by atoms with Gasteiger partial charge in [0.05, 0.1) is 0 Å². The normalized spacial score (nSPS) is 24.2. The van der Waals surface area contributed by atoms with Crippen LogP contribution in [0.15, 0.2) is 24.3 Å². The molecule has 0 spiro atoms. The minimum Gasteiger partial charge on any atom is -0.356 e. The van der Waals surface area contributed by atoms with Crippen LogP contribution in [0.5, 0.6) is 0 Å². The van der Waals surface area contributed by atoms with Gasteiger partial charge in [0.2, 0.25) is 0 Å². The Morgan fingerprint density at radius 2 is 1.94 bits per heavy atom. The van der Waals surface area contributed by atoms with Crippen molar-refractivity contribution >= 4 is 5.78 Å². The molecule has 0 aliphatic carbocycles. The molecule has 2 nitrogen and oxygen atoms in total. The van der Waals surface area contributed by atoms with E-state index in [0.717, 1.165) is 0 Å². The third-order valence-electron chi connectivity index (χ3n) is 2.70. The Morgan fingerprint density at radius 3 is 2.50 bits per heavy atom. The van der Waals surface area contributed by atoms with Crippen molar-refractivity contribution in [1.29, 1.82) is 0 Å². The molecule has 0 bridgehead atoms. The number of ether oxygens (including phenoxy) is 1. The highest BCUT2D eigenvalue weighted by molar-refractivity contribution is 5.90. The molecule has 0 amide bonds. The van der Waals surface area contributed by atoms with E-state index in [9.17, 15) is 9.18 Å². The molecule has 0 N–H and O–H groups in total. The summed E-state index contributed by atoms with van der Waals surface area (Å²) in [6.07, 6.45) is -0.871. The molecular weight excluding hydrogens is 207 g/mol. The molecule has 1 aromatic rings. The number of hydrogen-bond donors (Lipinski definition) is 0. The molecule has 1 aliphatic rings. The molecule has 1 aliphatic heterocycles. The highest BCUT2D eigenvalue weighted by Gasteiger charge is 2.50. The van der Waals surface area contributed by atoms with Gasteiger partial charge < -0.3 is 4.74 Å². The Labute approximate surface area is 94.4 Å². The van der Waals surface area contributed by atoms with Crippen LogP contribution in [0, 0.1) is 11.2 Å². The van der Waals surface area contributed by atoms with Gasteiger partial charge >= 0.3 is 0 Å². The first-order valence-corrected chi connectivity index (χ1v) is 5.35. The lowest BCUT2D eigenvalue weighted by atomic mass is 9.87. The molecule has 0 aromatic heterocycles.